The van der Waals surface area contributed by atoms with E-state index in [2.05, 4.69) is 20.7 Å². The normalized spacial score (nSPS) is 11.8. The van der Waals surface area contributed by atoms with Crippen LogP contribution in [0.2, 0.25) is 0 Å². The molecular weight excluding hydrogens is 428 g/mol. The van der Waals surface area contributed by atoms with Gasteiger partial charge in [-0.2, -0.15) is 5.10 Å². The van der Waals surface area contributed by atoms with E-state index in [1.165, 1.54) is 6.20 Å². The number of hydrogen-bond acceptors (Lipinski definition) is 7. The number of ether oxygens (including phenoxy) is 1. The SMILES string of the molecule is Cc1nc(NC(=O)[C@@H](O)CNC(=O)c2cccc(-c3cnn(C)c3)c2)cn1C(=O)OC(C)C. The highest BCUT2D eigenvalue weighted by Gasteiger charge is 2.20. The standard InChI is InChI=1S/C22H26N6O5/c1-13(2)33-22(32)28-12-19(25-14(28)3)26-21(31)18(29)10-23-20(30)16-7-5-6-15(8-16)17-9-24-27(4)11-17/h5-9,11-13,18,29H,10H2,1-4H3,(H,23,30)(H,26,31)/t18-/m0/s1. The van der Waals surface area contributed by atoms with Gasteiger partial charge in [0.05, 0.1) is 25.0 Å². The predicted octanol–water partition coefficient (Wildman–Crippen LogP) is 1.71. The fraction of sp³-hybridized carbons (Fsp3) is 0.318. The molecule has 0 aliphatic carbocycles. The Bertz CT molecular complexity index is 1170. The van der Waals surface area contributed by atoms with Crippen LogP contribution in [0.15, 0.2) is 42.9 Å². The van der Waals surface area contributed by atoms with Gasteiger partial charge in [-0.15, -0.1) is 0 Å². The summed E-state index contributed by atoms with van der Waals surface area (Å²) in [4.78, 5) is 40.9. The van der Waals surface area contributed by atoms with Gasteiger partial charge in [0.2, 0.25) is 0 Å². The zero-order chi connectivity index (χ0) is 24.1. The van der Waals surface area contributed by atoms with Crippen LogP contribution < -0.4 is 10.6 Å². The molecule has 0 bridgehead atoms. The Morgan fingerprint density at radius 1 is 1.18 bits per heavy atom. The van der Waals surface area contributed by atoms with E-state index in [-0.39, 0.29) is 18.5 Å². The third-order valence-corrected chi connectivity index (χ3v) is 4.59. The van der Waals surface area contributed by atoms with E-state index in [4.69, 9.17) is 4.74 Å². The Balaban J connectivity index is 1.56. The van der Waals surface area contributed by atoms with Gasteiger partial charge in [-0.3, -0.25) is 14.3 Å². The average molecular weight is 454 g/mol. The van der Waals surface area contributed by atoms with Crippen LogP contribution in [0.4, 0.5) is 10.6 Å². The van der Waals surface area contributed by atoms with Crippen LogP contribution >= 0.6 is 0 Å². The summed E-state index contributed by atoms with van der Waals surface area (Å²) in [6.45, 7) is 4.70. The van der Waals surface area contributed by atoms with Crippen LogP contribution in [0.1, 0.15) is 30.0 Å². The summed E-state index contributed by atoms with van der Waals surface area (Å²) in [5.74, 6) is -0.828. The Morgan fingerprint density at radius 2 is 1.94 bits per heavy atom. The third-order valence-electron chi connectivity index (χ3n) is 4.59. The summed E-state index contributed by atoms with van der Waals surface area (Å²) in [5, 5.41) is 19.2. The zero-order valence-electron chi connectivity index (χ0n) is 18.8. The molecule has 0 aliphatic heterocycles. The number of anilines is 1. The zero-order valence-corrected chi connectivity index (χ0v) is 18.8. The van der Waals surface area contributed by atoms with E-state index in [1.807, 2.05) is 12.3 Å². The summed E-state index contributed by atoms with van der Waals surface area (Å²) < 4.78 is 7.91. The molecule has 0 saturated carbocycles. The lowest BCUT2D eigenvalue weighted by atomic mass is 10.1. The van der Waals surface area contributed by atoms with Gasteiger partial charge in [-0.1, -0.05) is 12.1 Å². The van der Waals surface area contributed by atoms with Crippen molar-refractivity contribution in [2.24, 2.45) is 7.05 Å². The lowest BCUT2D eigenvalue weighted by Crippen LogP contribution is -2.39. The molecule has 0 fully saturated rings. The van der Waals surface area contributed by atoms with Gasteiger partial charge in [-0.05, 0) is 38.5 Å². The van der Waals surface area contributed by atoms with E-state index >= 15 is 0 Å². The summed E-state index contributed by atoms with van der Waals surface area (Å²) >= 11 is 0. The van der Waals surface area contributed by atoms with Crippen molar-refractivity contribution in [2.75, 3.05) is 11.9 Å². The number of aliphatic hydroxyl groups excluding tert-OH is 1. The van der Waals surface area contributed by atoms with E-state index in [0.29, 0.717) is 11.4 Å². The van der Waals surface area contributed by atoms with Crippen molar-refractivity contribution in [3.63, 3.8) is 0 Å². The molecule has 2 aromatic heterocycles. The number of nitrogens with one attached hydrogen (secondary N) is 2. The van der Waals surface area contributed by atoms with Crippen molar-refractivity contribution in [1.82, 2.24) is 24.6 Å². The van der Waals surface area contributed by atoms with Gasteiger partial charge < -0.3 is 20.5 Å². The quantitative estimate of drug-likeness (QED) is 0.494. The molecule has 0 spiro atoms. The number of aromatic nitrogens is 4. The molecule has 3 rings (SSSR count). The first-order valence-corrected chi connectivity index (χ1v) is 10.3. The number of amides is 2. The molecule has 2 amide bonds. The lowest BCUT2D eigenvalue weighted by Gasteiger charge is -2.12. The van der Waals surface area contributed by atoms with Crippen LogP contribution in [0.5, 0.6) is 0 Å². The molecule has 0 radical (unpaired) electrons. The van der Waals surface area contributed by atoms with Crippen LogP contribution in [-0.2, 0) is 16.6 Å². The molecule has 11 heteroatoms. The van der Waals surface area contributed by atoms with E-state index in [1.54, 1.807) is 56.9 Å². The average Bonchev–Trinajstić information content (AvgIpc) is 3.36. The van der Waals surface area contributed by atoms with Crippen molar-refractivity contribution in [1.29, 1.82) is 0 Å². The predicted molar refractivity (Wildman–Crippen MR) is 120 cm³/mol. The number of benzene rings is 1. The maximum atomic E-state index is 12.5. The first kappa shape index (κ1) is 23.7. The number of aliphatic hydroxyl groups is 1. The second kappa shape index (κ2) is 10.1. The van der Waals surface area contributed by atoms with Crippen LogP contribution in [0, 0.1) is 6.92 Å². The molecule has 0 aliphatic rings. The Hall–Kier alpha value is -3.99. The van der Waals surface area contributed by atoms with Gasteiger partial charge in [0.25, 0.3) is 11.8 Å². The summed E-state index contributed by atoms with van der Waals surface area (Å²) in [5.41, 5.74) is 2.05. The van der Waals surface area contributed by atoms with E-state index in [9.17, 15) is 19.5 Å². The largest absolute Gasteiger partial charge is 0.446 e. The molecule has 0 unspecified atom stereocenters. The minimum absolute atomic E-state index is 0.0766. The fourth-order valence-electron chi connectivity index (χ4n) is 2.98. The van der Waals surface area contributed by atoms with Crippen LogP contribution in [0.25, 0.3) is 11.1 Å². The molecule has 174 valence electrons. The minimum Gasteiger partial charge on any atom is -0.446 e. The highest BCUT2D eigenvalue weighted by Crippen LogP contribution is 2.19. The maximum Gasteiger partial charge on any atom is 0.419 e. The van der Waals surface area contributed by atoms with Crippen LogP contribution in [-0.4, -0.2) is 61.1 Å². The number of carbonyl (C=O) groups excluding carboxylic acids is 3. The summed E-state index contributed by atoms with van der Waals surface area (Å²) in [6, 6.07) is 6.93. The van der Waals surface area contributed by atoms with Gasteiger partial charge >= 0.3 is 6.09 Å². The second-order valence-corrected chi connectivity index (χ2v) is 7.67. The number of nitrogens with zero attached hydrogens (tertiary/aromatic N) is 4. The van der Waals surface area contributed by atoms with Gasteiger partial charge in [-0.25, -0.2) is 14.3 Å². The monoisotopic (exact) mass is 454 g/mol. The third kappa shape index (κ3) is 6.04. The molecule has 3 aromatic rings. The van der Waals surface area contributed by atoms with Crippen molar-refractivity contribution in [3.05, 3.63) is 54.2 Å². The Labute approximate surface area is 190 Å². The van der Waals surface area contributed by atoms with E-state index in [0.717, 1.165) is 15.7 Å². The molecule has 11 nitrogen and oxygen atoms in total. The van der Waals surface area contributed by atoms with Crippen molar-refractivity contribution < 1.29 is 24.2 Å². The second-order valence-electron chi connectivity index (χ2n) is 7.67. The molecule has 1 aromatic carbocycles. The first-order chi connectivity index (χ1) is 15.6. The molecule has 1 atom stereocenters. The van der Waals surface area contributed by atoms with Gasteiger partial charge in [0, 0.05) is 24.4 Å². The van der Waals surface area contributed by atoms with Crippen molar-refractivity contribution >= 4 is 23.7 Å². The molecule has 3 N–H and O–H groups in total. The van der Waals surface area contributed by atoms with Crippen LogP contribution in [0.3, 0.4) is 0 Å². The van der Waals surface area contributed by atoms with Gasteiger partial charge in [0.1, 0.15) is 11.9 Å². The van der Waals surface area contributed by atoms with E-state index < -0.39 is 24.0 Å². The number of imidazole rings is 1. The maximum absolute atomic E-state index is 12.5. The summed E-state index contributed by atoms with van der Waals surface area (Å²) in [7, 11) is 1.80. The smallest absolute Gasteiger partial charge is 0.419 e. The van der Waals surface area contributed by atoms with Gasteiger partial charge in [0.15, 0.2) is 5.82 Å². The number of aryl methyl sites for hydroxylation is 2. The molecule has 0 saturated heterocycles. The van der Waals surface area contributed by atoms with Crippen molar-refractivity contribution in [3.8, 4) is 11.1 Å². The Morgan fingerprint density at radius 3 is 2.61 bits per heavy atom. The fourth-order valence-corrected chi connectivity index (χ4v) is 2.98. The Kier molecular flexibility index (Phi) is 7.23. The summed E-state index contributed by atoms with van der Waals surface area (Å²) in [6.07, 6.45) is 2.36. The number of hydrogen-bond donors (Lipinski definition) is 3. The first-order valence-electron chi connectivity index (χ1n) is 10.3. The van der Waals surface area contributed by atoms with Crippen molar-refractivity contribution in [2.45, 2.75) is 33.0 Å². The minimum atomic E-state index is -1.52. The number of rotatable bonds is 7. The highest BCUT2D eigenvalue weighted by molar-refractivity contribution is 5.97. The molecule has 33 heavy (non-hydrogen) atoms. The molecular formula is C22H26N6O5. The topological polar surface area (TPSA) is 140 Å². The molecule has 2 heterocycles. The highest BCUT2D eigenvalue weighted by atomic mass is 16.6. The number of carbonyl (C=O) groups is 3. The lowest BCUT2D eigenvalue weighted by molar-refractivity contribution is -0.123.